The molecule has 2 rings (SSSR count). The SMILES string of the molecule is C=CC(=O)OCCC1=C(O)CC(C)(C)C(CCO)(N2CCC(C)(C)CC2)C1(C)C. The Morgan fingerprint density at radius 2 is 1.76 bits per heavy atom. The molecule has 2 aliphatic rings. The normalized spacial score (nSPS) is 28.8. The summed E-state index contributed by atoms with van der Waals surface area (Å²) in [6.45, 7) is 19.2. The smallest absolute Gasteiger partial charge is 0.330 e. The first-order chi connectivity index (χ1) is 13.3. The van der Waals surface area contributed by atoms with Crippen LogP contribution in [0.15, 0.2) is 24.0 Å². The van der Waals surface area contributed by atoms with E-state index >= 15 is 0 Å². The van der Waals surface area contributed by atoms with E-state index in [1.54, 1.807) is 0 Å². The number of piperidine rings is 1. The molecule has 0 aromatic carbocycles. The third kappa shape index (κ3) is 4.27. The summed E-state index contributed by atoms with van der Waals surface area (Å²) in [7, 11) is 0. The summed E-state index contributed by atoms with van der Waals surface area (Å²) in [5.74, 6) is -0.0422. The lowest BCUT2D eigenvalue weighted by atomic mass is 9.48. The molecule has 0 amide bonds. The monoisotopic (exact) mass is 407 g/mol. The highest BCUT2D eigenvalue weighted by Crippen LogP contribution is 2.61. The number of allylic oxidation sites excluding steroid dienone is 1. The van der Waals surface area contributed by atoms with E-state index in [2.05, 4.69) is 53.0 Å². The van der Waals surface area contributed by atoms with Crippen LogP contribution in [0.2, 0.25) is 0 Å². The largest absolute Gasteiger partial charge is 0.512 e. The van der Waals surface area contributed by atoms with Crippen LogP contribution < -0.4 is 0 Å². The van der Waals surface area contributed by atoms with Gasteiger partial charge in [0.1, 0.15) is 0 Å². The zero-order chi connectivity index (χ0) is 22.1. The minimum absolute atomic E-state index is 0.103. The second-order valence-corrected chi connectivity index (χ2v) is 10.7. The molecule has 1 aliphatic carbocycles. The van der Waals surface area contributed by atoms with Crippen LogP contribution in [0.1, 0.15) is 73.6 Å². The molecule has 0 aromatic rings. The van der Waals surface area contributed by atoms with Crippen molar-refractivity contribution in [2.75, 3.05) is 26.3 Å². The molecule has 5 nitrogen and oxygen atoms in total. The highest BCUT2D eigenvalue weighted by atomic mass is 16.5. The van der Waals surface area contributed by atoms with Gasteiger partial charge < -0.3 is 14.9 Å². The maximum Gasteiger partial charge on any atom is 0.330 e. The van der Waals surface area contributed by atoms with Crippen molar-refractivity contribution in [1.29, 1.82) is 0 Å². The Morgan fingerprint density at radius 1 is 1.17 bits per heavy atom. The summed E-state index contributed by atoms with van der Waals surface area (Å²) in [5, 5.41) is 21.1. The zero-order valence-electron chi connectivity index (χ0n) is 19.3. The first-order valence-corrected chi connectivity index (χ1v) is 10.9. The van der Waals surface area contributed by atoms with Crippen molar-refractivity contribution in [2.24, 2.45) is 16.2 Å². The Hall–Kier alpha value is -1.33. The average molecular weight is 408 g/mol. The molecule has 0 spiro atoms. The summed E-state index contributed by atoms with van der Waals surface area (Å²) < 4.78 is 5.22. The number of hydrogen-bond acceptors (Lipinski definition) is 5. The van der Waals surface area contributed by atoms with Gasteiger partial charge in [-0.3, -0.25) is 4.90 Å². The molecule has 1 unspecified atom stereocenters. The lowest BCUT2D eigenvalue weighted by Crippen LogP contribution is -2.70. The van der Waals surface area contributed by atoms with Crippen LogP contribution in [-0.2, 0) is 9.53 Å². The van der Waals surface area contributed by atoms with Gasteiger partial charge in [-0.2, -0.15) is 0 Å². The van der Waals surface area contributed by atoms with Crippen LogP contribution in [0, 0.1) is 16.2 Å². The van der Waals surface area contributed by atoms with Gasteiger partial charge in [-0.25, -0.2) is 4.79 Å². The molecular formula is C24H41NO4. The zero-order valence-corrected chi connectivity index (χ0v) is 19.3. The van der Waals surface area contributed by atoms with Gasteiger partial charge in [-0.1, -0.05) is 48.1 Å². The van der Waals surface area contributed by atoms with Crippen LogP contribution in [0.3, 0.4) is 0 Å². The number of ether oxygens (including phenoxy) is 1. The summed E-state index contributed by atoms with van der Waals surface area (Å²) in [6, 6.07) is 0. The standard InChI is InChI=1S/C24H41NO4/c1-8-20(28)29-16-9-18-19(27)17-22(4,5)24(12-15-26,23(18,6)7)25-13-10-21(2,3)11-14-25/h8,26-27H,1,9-17H2,2-7H3. The number of aliphatic hydroxyl groups is 2. The fourth-order valence-electron chi connectivity index (χ4n) is 6.19. The molecule has 2 N–H and O–H groups in total. The Labute approximate surface area is 176 Å². The van der Waals surface area contributed by atoms with Crippen LogP contribution in [0.5, 0.6) is 0 Å². The molecule has 0 bridgehead atoms. The maximum absolute atomic E-state index is 11.5. The second-order valence-electron chi connectivity index (χ2n) is 10.7. The Kier molecular flexibility index (Phi) is 6.96. The van der Waals surface area contributed by atoms with Crippen molar-refractivity contribution in [3.8, 4) is 0 Å². The first-order valence-electron chi connectivity index (χ1n) is 10.9. The predicted octanol–water partition coefficient (Wildman–Crippen LogP) is 4.62. The average Bonchev–Trinajstić information content (AvgIpc) is 2.61. The number of esters is 1. The van der Waals surface area contributed by atoms with Crippen LogP contribution in [0.4, 0.5) is 0 Å². The summed E-state index contributed by atoms with van der Waals surface area (Å²) in [4.78, 5) is 14.1. The molecular weight excluding hydrogens is 366 g/mol. The van der Waals surface area contributed by atoms with Crippen molar-refractivity contribution in [3.63, 3.8) is 0 Å². The predicted molar refractivity (Wildman–Crippen MR) is 117 cm³/mol. The number of rotatable bonds is 7. The minimum Gasteiger partial charge on any atom is -0.512 e. The van der Waals surface area contributed by atoms with Crippen molar-refractivity contribution in [3.05, 3.63) is 24.0 Å². The lowest BCUT2D eigenvalue weighted by molar-refractivity contribution is -0.140. The number of nitrogens with zero attached hydrogens (tertiary/aromatic N) is 1. The van der Waals surface area contributed by atoms with Gasteiger partial charge >= 0.3 is 5.97 Å². The molecule has 5 heteroatoms. The number of carbonyl (C=O) groups is 1. The summed E-state index contributed by atoms with van der Waals surface area (Å²) in [6.07, 6.45) is 5.09. The van der Waals surface area contributed by atoms with E-state index in [-0.39, 0.29) is 29.6 Å². The molecule has 1 fully saturated rings. The number of hydrogen-bond donors (Lipinski definition) is 2. The van der Waals surface area contributed by atoms with Gasteiger partial charge in [0, 0.05) is 36.5 Å². The number of aliphatic hydroxyl groups excluding tert-OH is 2. The van der Waals surface area contributed by atoms with Gasteiger partial charge in [0.15, 0.2) is 0 Å². The second kappa shape index (κ2) is 8.43. The molecule has 0 saturated carbocycles. The number of likely N-dealkylation sites (tertiary alicyclic amines) is 1. The van der Waals surface area contributed by atoms with Crippen molar-refractivity contribution < 1.29 is 19.7 Å². The molecule has 1 heterocycles. The molecule has 0 radical (unpaired) electrons. The van der Waals surface area contributed by atoms with Gasteiger partial charge in [0.25, 0.3) is 0 Å². The van der Waals surface area contributed by atoms with Gasteiger partial charge in [0.2, 0.25) is 0 Å². The Morgan fingerprint density at radius 3 is 2.28 bits per heavy atom. The molecule has 1 aliphatic heterocycles. The van der Waals surface area contributed by atoms with Crippen LogP contribution >= 0.6 is 0 Å². The van der Waals surface area contributed by atoms with E-state index in [0.717, 1.165) is 37.6 Å². The lowest BCUT2D eigenvalue weighted by Gasteiger charge is -2.66. The topological polar surface area (TPSA) is 70.0 Å². The third-order valence-corrected chi connectivity index (χ3v) is 7.76. The van der Waals surface area contributed by atoms with E-state index in [1.807, 2.05) is 0 Å². The van der Waals surface area contributed by atoms with E-state index in [0.29, 0.717) is 30.4 Å². The van der Waals surface area contributed by atoms with Crippen molar-refractivity contribution >= 4 is 5.97 Å². The van der Waals surface area contributed by atoms with E-state index in [4.69, 9.17) is 4.74 Å². The maximum atomic E-state index is 11.5. The van der Waals surface area contributed by atoms with Gasteiger partial charge in [-0.15, -0.1) is 0 Å². The fraction of sp³-hybridized carbons (Fsp3) is 0.792. The third-order valence-electron chi connectivity index (χ3n) is 7.76. The molecule has 29 heavy (non-hydrogen) atoms. The van der Waals surface area contributed by atoms with E-state index < -0.39 is 5.97 Å². The number of carbonyl (C=O) groups excluding carboxylic acids is 1. The highest BCUT2D eigenvalue weighted by Gasteiger charge is 2.62. The van der Waals surface area contributed by atoms with Crippen molar-refractivity contribution in [2.45, 2.75) is 79.2 Å². The molecule has 1 atom stereocenters. The highest BCUT2D eigenvalue weighted by molar-refractivity contribution is 5.81. The van der Waals surface area contributed by atoms with Crippen molar-refractivity contribution in [1.82, 2.24) is 4.90 Å². The summed E-state index contributed by atoms with van der Waals surface area (Å²) >= 11 is 0. The van der Waals surface area contributed by atoms with Gasteiger partial charge in [-0.05, 0) is 48.8 Å². The van der Waals surface area contributed by atoms with Crippen LogP contribution in [0.25, 0.3) is 0 Å². The molecule has 0 aromatic heterocycles. The fourth-order valence-corrected chi connectivity index (χ4v) is 6.19. The van der Waals surface area contributed by atoms with Gasteiger partial charge in [0.05, 0.1) is 12.4 Å². The summed E-state index contributed by atoms with van der Waals surface area (Å²) in [5.41, 5.74) is 0.372. The Bertz CT molecular complexity index is 652. The quantitative estimate of drug-likeness (QED) is 0.476. The minimum atomic E-state index is -0.445. The van der Waals surface area contributed by atoms with E-state index in [1.165, 1.54) is 0 Å². The molecule has 166 valence electrons. The van der Waals surface area contributed by atoms with E-state index in [9.17, 15) is 15.0 Å². The van der Waals surface area contributed by atoms with Crippen LogP contribution in [-0.4, -0.2) is 52.9 Å². The first kappa shape index (κ1) is 23.9. The molecule has 1 saturated heterocycles. The Balaban J connectivity index is 2.45.